The highest BCUT2D eigenvalue weighted by atomic mass is 35.5. The molecule has 1 heterocycles. The first-order valence-electron chi connectivity index (χ1n) is 8.64. The maximum Gasteiger partial charge on any atom is 0.320 e. The first kappa shape index (κ1) is 18.1. The van der Waals surface area contributed by atoms with Gasteiger partial charge < -0.3 is 9.80 Å². The fourth-order valence-corrected chi connectivity index (χ4v) is 3.27. The van der Waals surface area contributed by atoms with Crippen LogP contribution < -0.4 is 0 Å². The summed E-state index contributed by atoms with van der Waals surface area (Å²) in [6.07, 6.45) is 2.18. The number of carbonyl (C=O) groups is 1. The number of hydrogen-bond acceptors (Lipinski definition) is 2. The molecule has 0 bridgehead atoms. The molecule has 0 aromatic heterocycles. The second kappa shape index (κ2) is 9.14. The zero-order valence-electron chi connectivity index (χ0n) is 14.3. The zero-order valence-corrected chi connectivity index (χ0v) is 15.1. The van der Waals surface area contributed by atoms with Gasteiger partial charge in [0.05, 0.1) is 0 Å². The molecular formula is C18H28ClN3O. The van der Waals surface area contributed by atoms with Crippen molar-refractivity contribution in [2.45, 2.75) is 26.7 Å². The van der Waals surface area contributed by atoms with Gasteiger partial charge in [-0.25, -0.2) is 4.79 Å². The molecule has 1 saturated heterocycles. The minimum Gasteiger partial charge on any atom is -0.325 e. The molecule has 0 unspecified atom stereocenters. The van der Waals surface area contributed by atoms with E-state index >= 15 is 0 Å². The summed E-state index contributed by atoms with van der Waals surface area (Å²) >= 11 is 6.02. The van der Waals surface area contributed by atoms with Crippen LogP contribution in [0.1, 0.15) is 25.8 Å². The number of urea groups is 1. The van der Waals surface area contributed by atoms with Crippen LogP contribution in [0.4, 0.5) is 4.79 Å². The summed E-state index contributed by atoms with van der Waals surface area (Å²) in [7, 11) is 0. The van der Waals surface area contributed by atoms with Crippen molar-refractivity contribution in [2.75, 3.05) is 45.8 Å². The Kier molecular flexibility index (Phi) is 7.18. The molecule has 0 spiro atoms. The van der Waals surface area contributed by atoms with Gasteiger partial charge in [0.1, 0.15) is 0 Å². The van der Waals surface area contributed by atoms with Gasteiger partial charge in [-0.05, 0) is 50.9 Å². The highest BCUT2D eigenvalue weighted by Gasteiger charge is 2.23. The smallest absolute Gasteiger partial charge is 0.320 e. The van der Waals surface area contributed by atoms with Gasteiger partial charge in [0.2, 0.25) is 0 Å². The average molecular weight is 338 g/mol. The van der Waals surface area contributed by atoms with Crippen molar-refractivity contribution in [2.24, 2.45) is 0 Å². The van der Waals surface area contributed by atoms with Gasteiger partial charge in [-0.1, -0.05) is 23.7 Å². The van der Waals surface area contributed by atoms with Crippen molar-refractivity contribution in [3.05, 3.63) is 34.9 Å². The zero-order chi connectivity index (χ0) is 16.7. The number of hydrogen-bond donors (Lipinski definition) is 0. The lowest BCUT2D eigenvalue weighted by Gasteiger charge is -2.37. The number of piperazine rings is 1. The molecular weight excluding hydrogens is 310 g/mol. The molecule has 128 valence electrons. The number of benzene rings is 1. The SMILES string of the molecule is CCN(CC)C(=O)N1CCN(CCCc2cccc(Cl)c2)CC1. The van der Waals surface area contributed by atoms with E-state index < -0.39 is 0 Å². The minimum absolute atomic E-state index is 0.188. The Morgan fingerprint density at radius 3 is 2.48 bits per heavy atom. The second-order valence-electron chi connectivity index (χ2n) is 6.02. The molecule has 1 aromatic rings. The van der Waals surface area contributed by atoms with Crippen molar-refractivity contribution in [1.29, 1.82) is 0 Å². The number of carbonyl (C=O) groups excluding carboxylic acids is 1. The summed E-state index contributed by atoms with van der Waals surface area (Å²) in [6, 6.07) is 8.29. The number of amides is 2. The van der Waals surface area contributed by atoms with Crippen molar-refractivity contribution in [1.82, 2.24) is 14.7 Å². The lowest BCUT2D eigenvalue weighted by Crippen LogP contribution is -2.52. The molecule has 0 radical (unpaired) electrons. The van der Waals surface area contributed by atoms with Crippen LogP contribution in [0.3, 0.4) is 0 Å². The van der Waals surface area contributed by atoms with E-state index in [2.05, 4.69) is 11.0 Å². The monoisotopic (exact) mass is 337 g/mol. The fraction of sp³-hybridized carbons (Fsp3) is 0.611. The summed E-state index contributed by atoms with van der Waals surface area (Å²) in [5, 5.41) is 0.811. The summed E-state index contributed by atoms with van der Waals surface area (Å²) in [5.41, 5.74) is 1.30. The normalized spacial score (nSPS) is 15.7. The van der Waals surface area contributed by atoms with Gasteiger partial charge in [0.15, 0.2) is 0 Å². The topological polar surface area (TPSA) is 26.8 Å². The van der Waals surface area contributed by atoms with Gasteiger partial charge >= 0.3 is 6.03 Å². The molecule has 2 rings (SSSR count). The number of rotatable bonds is 6. The summed E-state index contributed by atoms with van der Waals surface area (Å²) in [5.74, 6) is 0. The Morgan fingerprint density at radius 1 is 1.17 bits per heavy atom. The van der Waals surface area contributed by atoms with E-state index in [9.17, 15) is 4.79 Å². The van der Waals surface area contributed by atoms with Gasteiger partial charge in [0.25, 0.3) is 0 Å². The third-order valence-electron chi connectivity index (χ3n) is 4.51. The molecule has 0 atom stereocenters. The lowest BCUT2D eigenvalue weighted by molar-refractivity contribution is 0.115. The van der Waals surface area contributed by atoms with Gasteiger partial charge in [-0.3, -0.25) is 4.90 Å². The first-order chi connectivity index (χ1) is 11.1. The summed E-state index contributed by atoms with van der Waals surface area (Å²) in [4.78, 5) is 18.7. The average Bonchev–Trinajstić information content (AvgIpc) is 2.56. The predicted molar refractivity (Wildman–Crippen MR) is 96.1 cm³/mol. The van der Waals surface area contributed by atoms with E-state index in [1.165, 1.54) is 5.56 Å². The van der Waals surface area contributed by atoms with Crippen LogP contribution >= 0.6 is 11.6 Å². The van der Waals surface area contributed by atoms with Crippen molar-refractivity contribution < 1.29 is 4.79 Å². The largest absolute Gasteiger partial charge is 0.325 e. The van der Waals surface area contributed by atoms with Gasteiger partial charge in [-0.2, -0.15) is 0 Å². The highest BCUT2D eigenvalue weighted by molar-refractivity contribution is 6.30. The van der Waals surface area contributed by atoms with Crippen LogP contribution in [0, 0.1) is 0 Å². The molecule has 5 heteroatoms. The molecule has 4 nitrogen and oxygen atoms in total. The number of aryl methyl sites for hydroxylation is 1. The quantitative estimate of drug-likeness (QED) is 0.796. The number of halogens is 1. The van der Waals surface area contributed by atoms with Crippen LogP contribution in [0.5, 0.6) is 0 Å². The lowest BCUT2D eigenvalue weighted by atomic mass is 10.1. The summed E-state index contributed by atoms with van der Waals surface area (Å²) in [6.45, 7) is 10.4. The molecule has 1 fully saturated rings. The molecule has 0 saturated carbocycles. The van der Waals surface area contributed by atoms with Crippen LogP contribution in [0.15, 0.2) is 24.3 Å². The van der Waals surface area contributed by atoms with E-state index in [1.54, 1.807) is 0 Å². The maximum atomic E-state index is 12.3. The van der Waals surface area contributed by atoms with Gasteiger partial charge in [-0.15, -0.1) is 0 Å². The summed E-state index contributed by atoms with van der Waals surface area (Å²) < 4.78 is 0. The Labute approximate surface area is 145 Å². The van der Waals surface area contributed by atoms with Crippen LogP contribution in [0.25, 0.3) is 0 Å². The number of nitrogens with zero attached hydrogens (tertiary/aromatic N) is 3. The molecule has 0 N–H and O–H groups in total. The van der Waals surface area contributed by atoms with E-state index in [4.69, 9.17) is 11.6 Å². The fourth-order valence-electron chi connectivity index (χ4n) is 3.06. The Hall–Kier alpha value is -1.26. The third-order valence-corrected chi connectivity index (χ3v) is 4.74. The van der Waals surface area contributed by atoms with Crippen LogP contribution in [0.2, 0.25) is 5.02 Å². The van der Waals surface area contributed by atoms with E-state index in [0.29, 0.717) is 0 Å². The van der Waals surface area contributed by atoms with Gasteiger partial charge in [0, 0.05) is 44.3 Å². The van der Waals surface area contributed by atoms with Crippen molar-refractivity contribution in [3.8, 4) is 0 Å². The van der Waals surface area contributed by atoms with E-state index in [1.807, 2.05) is 41.8 Å². The van der Waals surface area contributed by atoms with Crippen LogP contribution in [-0.4, -0.2) is 66.5 Å². The van der Waals surface area contributed by atoms with E-state index in [-0.39, 0.29) is 6.03 Å². The first-order valence-corrected chi connectivity index (χ1v) is 9.02. The molecule has 1 aromatic carbocycles. The molecule has 0 aliphatic carbocycles. The van der Waals surface area contributed by atoms with E-state index in [0.717, 1.165) is 63.7 Å². The minimum atomic E-state index is 0.188. The second-order valence-corrected chi connectivity index (χ2v) is 6.45. The Morgan fingerprint density at radius 2 is 1.87 bits per heavy atom. The maximum absolute atomic E-state index is 12.3. The van der Waals surface area contributed by atoms with Crippen molar-refractivity contribution >= 4 is 17.6 Å². The Balaban J connectivity index is 1.69. The molecule has 2 amide bonds. The Bertz CT molecular complexity index is 497. The predicted octanol–water partition coefficient (Wildman–Crippen LogP) is 3.35. The molecule has 23 heavy (non-hydrogen) atoms. The van der Waals surface area contributed by atoms with Crippen molar-refractivity contribution in [3.63, 3.8) is 0 Å². The molecule has 1 aliphatic rings. The standard InChI is InChI=1S/C18H28ClN3O/c1-3-21(4-2)18(23)22-13-11-20(12-14-22)10-6-8-16-7-5-9-17(19)15-16/h5,7,9,15H,3-4,6,8,10-14H2,1-2H3. The molecule has 1 aliphatic heterocycles. The van der Waals surface area contributed by atoms with Crippen LogP contribution in [-0.2, 0) is 6.42 Å². The third kappa shape index (κ3) is 5.40. The highest BCUT2D eigenvalue weighted by Crippen LogP contribution is 2.13.